The maximum atomic E-state index is 12.4. The van der Waals surface area contributed by atoms with Crippen LogP contribution in [0, 0.1) is 12.8 Å². The third-order valence-corrected chi connectivity index (χ3v) is 5.13. The largest absolute Gasteiger partial charge is 0.462 e. The maximum absolute atomic E-state index is 12.4. The minimum Gasteiger partial charge on any atom is -0.462 e. The summed E-state index contributed by atoms with van der Waals surface area (Å²) in [6, 6.07) is 0. The van der Waals surface area contributed by atoms with Crippen molar-refractivity contribution in [2.75, 3.05) is 38.1 Å². The van der Waals surface area contributed by atoms with Gasteiger partial charge in [-0.15, -0.1) is 0 Å². The Morgan fingerprint density at radius 3 is 2.81 bits per heavy atom. The number of esters is 1. The van der Waals surface area contributed by atoms with E-state index in [9.17, 15) is 4.79 Å². The SMILES string of the molecule is CCOC(=O)c1cnc2c(c(C)nn2C)c1NCCN1CCC(C)CC1. The number of ether oxygens (including phenoxy) is 1. The van der Waals surface area contributed by atoms with Crippen molar-refractivity contribution in [2.45, 2.75) is 33.6 Å². The lowest BCUT2D eigenvalue weighted by atomic mass is 9.99. The second-order valence-corrected chi connectivity index (χ2v) is 7.13. The van der Waals surface area contributed by atoms with Crippen molar-refractivity contribution in [1.82, 2.24) is 19.7 Å². The monoisotopic (exact) mass is 359 g/mol. The van der Waals surface area contributed by atoms with E-state index in [1.165, 1.54) is 12.8 Å². The number of piperidine rings is 1. The molecule has 1 aliphatic heterocycles. The van der Waals surface area contributed by atoms with Gasteiger partial charge in [0.05, 0.1) is 23.4 Å². The molecule has 0 atom stereocenters. The molecule has 0 spiro atoms. The lowest BCUT2D eigenvalue weighted by molar-refractivity contribution is 0.0527. The number of carbonyl (C=O) groups is 1. The average molecular weight is 359 g/mol. The first-order chi connectivity index (χ1) is 12.5. The molecule has 3 rings (SSSR count). The quantitative estimate of drug-likeness (QED) is 0.800. The van der Waals surface area contributed by atoms with E-state index in [-0.39, 0.29) is 5.97 Å². The summed E-state index contributed by atoms with van der Waals surface area (Å²) in [7, 11) is 1.87. The van der Waals surface area contributed by atoms with Crippen LogP contribution in [-0.4, -0.2) is 58.4 Å². The lowest BCUT2D eigenvalue weighted by Crippen LogP contribution is -2.36. The first-order valence-corrected chi connectivity index (χ1v) is 9.47. The van der Waals surface area contributed by atoms with Crippen LogP contribution in [0.25, 0.3) is 11.0 Å². The number of likely N-dealkylation sites (tertiary alicyclic amines) is 1. The number of hydrogen-bond acceptors (Lipinski definition) is 6. The summed E-state index contributed by atoms with van der Waals surface area (Å²) < 4.78 is 6.96. The van der Waals surface area contributed by atoms with Gasteiger partial charge < -0.3 is 15.0 Å². The molecule has 2 aromatic rings. The molecule has 2 aromatic heterocycles. The third-order valence-electron chi connectivity index (χ3n) is 5.13. The van der Waals surface area contributed by atoms with Crippen LogP contribution in [0.4, 0.5) is 5.69 Å². The Balaban J connectivity index is 1.82. The standard InChI is InChI=1S/C19H29N5O2/c1-5-26-19(25)15-12-21-18-16(14(3)22-23(18)4)17(15)20-8-11-24-9-6-13(2)7-10-24/h12-13H,5-11H2,1-4H3,(H,20,21). The molecule has 1 saturated heterocycles. The number of aryl methyl sites for hydroxylation is 2. The summed E-state index contributed by atoms with van der Waals surface area (Å²) >= 11 is 0. The van der Waals surface area contributed by atoms with Gasteiger partial charge in [0, 0.05) is 26.3 Å². The smallest absolute Gasteiger partial charge is 0.341 e. The molecule has 0 amide bonds. The van der Waals surface area contributed by atoms with Gasteiger partial charge in [-0.25, -0.2) is 9.78 Å². The number of fused-ring (bicyclic) bond motifs is 1. The molecule has 7 heteroatoms. The van der Waals surface area contributed by atoms with Crippen molar-refractivity contribution in [2.24, 2.45) is 13.0 Å². The summed E-state index contributed by atoms with van der Waals surface area (Å²) in [4.78, 5) is 19.3. The first-order valence-electron chi connectivity index (χ1n) is 9.47. The molecule has 142 valence electrons. The van der Waals surface area contributed by atoms with E-state index in [1.807, 2.05) is 20.9 Å². The van der Waals surface area contributed by atoms with E-state index < -0.39 is 0 Å². The molecular weight excluding hydrogens is 330 g/mol. The molecule has 0 bridgehead atoms. The van der Waals surface area contributed by atoms with Crippen LogP contribution in [0.1, 0.15) is 42.7 Å². The number of hydrogen-bond donors (Lipinski definition) is 1. The average Bonchev–Trinajstić information content (AvgIpc) is 2.91. The van der Waals surface area contributed by atoms with Crippen molar-refractivity contribution in [3.63, 3.8) is 0 Å². The van der Waals surface area contributed by atoms with Gasteiger partial charge in [0.1, 0.15) is 5.56 Å². The van der Waals surface area contributed by atoms with Gasteiger partial charge in [-0.1, -0.05) is 6.92 Å². The normalized spacial score (nSPS) is 16.2. The Morgan fingerprint density at radius 2 is 2.12 bits per heavy atom. The summed E-state index contributed by atoms with van der Waals surface area (Å²) in [5, 5.41) is 8.82. The van der Waals surface area contributed by atoms with Crippen LogP contribution in [0.5, 0.6) is 0 Å². The molecule has 0 aromatic carbocycles. The number of pyridine rings is 1. The molecule has 0 saturated carbocycles. The van der Waals surface area contributed by atoms with Crippen LogP contribution in [0.2, 0.25) is 0 Å². The Kier molecular flexibility index (Phi) is 5.76. The number of carbonyl (C=O) groups excluding carboxylic acids is 1. The predicted octanol–water partition coefficient (Wildman–Crippen LogP) is 2.60. The molecule has 0 aliphatic carbocycles. The number of nitrogens with one attached hydrogen (secondary N) is 1. The maximum Gasteiger partial charge on any atom is 0.341 e. The molecule has 7 nitrogen and oxygen atoms in total. The molecule has 26 heavy (non-hydrogen) atoms. The minimum atomic E-state index is -0.348. The molecule has 1 N–H and O–H groups in total. The predicted molar refractivity (Wildman–Crippen MR) is 103 cm³/mol. The molecule has 0 unspecified atom stereocenters. The highest BCUT2D eigenvalue weighted by molar-refractivity contribution is 6.05. The van der Waals surface area contributed by atoms with Crippen LogP contribution in [0.3, 0.4) is 0 Å². The van der Waals surface area contributed by atoms with Crippen molar-refractivity contribution in [3.05, 3.63) is 17.5 Å². The second-order valence-electron chi connectivity index (χ2n) is 7.13. The van der Waals surface area contributed by atoms with E-state index in [0.717, 1.165) is 54.5 Å². The van der Waals surface area contributed by atoms with Gasteiger partial charge >= 0.3 is 5.97 Å². The molecule has 0 radical (unpaired) electrons. The van der Waals surface area contributed by atoms with Crippen molar-refractivity contribution >= 4 is 22.7 Å². The fourth-order valence-corrected chi connectivity index (χ4v) is 3.58. The summed E-state index contributed by atoms with van der Waals surface area (Å²) in [5.74, 6) is 0.479. The minimum absolute atomic E-state index is 0.342. The zero-order chi connectivity index (χ0) is 18.7. The van der Waals surface area contributed by atoms with Gasteiger partial charge in [-0.05, 0) is 45.7 Å². The second kappa shape index (κ2) is 8.03. The highest BCUT2D eigenvalue weighted by Gasteiger charge is 2.21. The lowest BCUT2D eigenvalue weighted by Gasteiger charge is -2.30. The summed E-state index contributed by atoms with van der Waals surface area (Å²) in [6.45, 7) is 10.4. The van der Waals surface area contributed by atoms with Crippen LogP contribution >= 0.6 is 0 Å². The Hall–Kier alpha value is -2.15. The molecule has 3 heterocycles. The van der Waals surface area contributed by atoms with E-state index in [1.54, 1.807) is 10.9 Å². The van der Waals surface area contributed by atoms with Gasteiger partial charge in [0.25, 0.3) is 0 Å². The summed E-state index contributed by atoms with van der Waals surface area (Å²) in [5.41, 5.74) is 2.88. The van der Waals surface area contributed by atoms with Gasteiger partial charge in [-0.2, -0.15) is 5.10 Å². The van der Waals surface area contributed by atoms with E-state index >= 15 is 0 Å². The number of anilines is 1. The third kappa shape index (κ3) is 3.82. The zero-order valence-electron chi connectivity index (χ0n) is 16.2. The van der Waals surface area contributed by atoms with E-state index in [2.05, 4.69) is 27.2 Å². The van der Waals surface area contributed by atoms with Gasteiger partial charge in [-0.3, -0.25) is 4.68 Å². The zero-order valence-corrected chi connectivity index (χ0v) is 16.2. The van der Waals surface area contributed by atoms with Crippen LogP contribution in [-0.2, 0) is 11.8 Å². The summed E-state index contributed by atoms with van der Waals surface area (Å²) in [6.07, 6.45) is 4.11. The van der Waals surface area contributed by atoms with E-state index in [4.69, 9.17) is 4.74 Å². The van der Waals surface area contributed by atoms with Gasteiger partial charge in [0.2, 0.25) is 0 Å². The molecule has 1 fully saturated rings. The van der Waals surface area contributed by atoms with Gasteiger partial charge in [0.15, 0.2) is 5.65 Å². The Bertz CT molecular complexity index is 778. The highest BCUT2D eigenvalue weighted by atomic mass is 16.5. The number of aromatic nitrogens is 3. The van der Waals surface area contributed by atoms with Crippen LogP contribution < -0.4 is 5.32 Å². The molecular formula is C19H29N5O2. The topological polar surface area (TPSA) is 72.3 Å². The highest BCUT2D eigenvalue weighted by Crippen LogP contribution is 2.29. The van der Waals surface area contributed by atoms with Crippen LogP contribution in [0.15, 0.2) is 6.20 Å². The molecule has 1 aliphatic rings. The van der Waals surface area contributed by atoms with E-state index in [0.29, 0.717) is 12.2 Å². The number of nitrogens with zero attached hydrogens (tertiary/aromatic N) is 4. The van der Waals surface area contributed by atoms with Crippen molar-refractivity contribution < 1.29 is 9.53 Å². The Labute approximate surface area is 154 Å². The Morgan fingerprint density at radius 1 is 1.38 bits per heavy atom. The fourth-order valence-electron chi connectivity index (χ4n) is 3.58. The van der Waals surface area contributed by atoms with Crippen molar-refractivity contribution in [1.29, 1.82) is 0 Å². The first kappa shape index (κ1) is 18.6. The number of rotatable bonds is 6. The van der Waals surface area contributed by atoms with Crippen molar-refractivity contribution in [3.8, 4) is 0 Å². The fraction of sp³-hybridized carbons (Fsp3) is 0.632.